The number of amides is 1. The van der Waals surface area contributed by atoms with E-state index in [-0.39, 0.29) is 12.5 Å². The van der Waals surface area contributed by atoms with Gasteiger partial charge < -0.3 is 9.30 Å². The number of imidazole rings is 1. The SMILES string of the molecule is CCOC(=O)C1C(=O)N(CCc2ccccc2)c2nc3ccccc3n2C1c1cccc(C)c1. The van der Waals surface area contributed by atoms with Crippen molar-refractivity contribution >= 4 is 28.9 Å². The van der Waals surface area contributed by atoms with Gasteiger partial charge in [-0.1, -0.05) is 72.3 Å². The molecule has 1 aromatic heterocycles. The lowest BCUT2D eigenvalue weighted by molar-refractivity contribution is -0.153. The van der Waals surface area contributed by atoms with Gasteiger partial charge in [0.15, 0.2) is 5.92 Å². The molecule has 0 aliphatic carbocycles. The predicted molar refractivity (Wildman–Crippen MR) is 132 cm³/mol. The molecule has 6 heteroatoms. The van der Waals surface area contributed by atoms with Crippen LogP contribution in [0.3, 0.4) is 0 Å². The lowest BCUT2D eigenvalue weighted by Crippen LogP contribution is -2.50. The number of aryl methyl sites for hydroxylation is 1. The molecule has 3 aromatic carbocycles. The highest BCUT2D eigenvalue weighted by molar-refractivity contribution is 6.08. The fraction of sp³-hybridized carbons (Fsp3) is 0.250. The van der Waals surface area contributed by atoms with E-state index in [0.29, 0.717) is 18.9 Å². The maximum Gasteiger partial charge on any atom is 0.321 e. The minimum absolute atomic E-state index is 0.213. The molecule has 0 N–H and O–H groups in total. The molecule has 0 saturated carbocycles. The third-order valence-electron chi connectivity index (χ3n) is 6.34. The Kier molecular flexibility index (Phi) is 5.88. The summed E-state index contributed by atoms with van der Waals surface area (Å²) < 4.78 is 7.47. The summed E-state index contributed by atoms with van der Waals surface area (Å²) in [6.07, 6.45) is 0.653. The number of rotatable bonds is 6. The van der Waals surface area contributed by atoms with Gasteiger partial charge in [0, 0.05) is 6.54 Å². The Bertz CT molecular complexity index is 1350. The molecule has 1 amide bonds. The molecule has 2 unspecified atom stereocenters. The maximum absolute atomic E-state index is 13.9. The van der Waals surface area contributed by atoms with Crippen molar-refractivity contribution in [3.05, 3.63) is 95.6 Å². The first kappa shape index (κ1) is 21.9. The quantitative estimate of drug-likeness (QED) is 0.314. The van der Waals surface area contributed by atoms with Crippen molar-refractivity contribution in [2.24, 2.45) is 5.92 Å². The van der Waals surface area contributed by atoms with Crippen LogP contribution in [0.2, 0.25) is 0 Å². The Morgan fingerprint density at radius 3 is 2.53 bits per heavy atom. The van der Waals surface area contributed by atoms with E-state index in [9.17, 15) is 9.59 Å². The van der Waals surface area contributed by atoms with Crippen LogP contribution in [0.5, 0.6) is 0 Å². The molecule has 172 valence electrons. The number of fused-ring (bicyclic) bond motifs is 3. The molecule has 0 bridgehead atoms. The second-order valence-corrected chi connectivity index (χ2v) is 8.58. The van der Waals surface area contributed by atoms with E-state index in [4.69, 9.17) is 9.72 Å². The number of carbonyl (C=O) groups is 2. The van der Waals surface area contributed by atoms with E-state index in [2.05, 4.69) is 0 Å². The summed E-state index contributed by atoms with van der Waals surface area (Å²) in [7, 11) is 0. The van der Waals surface area contributed by atoms with Gasteiger partial charge in [-0.25, -0.2) is 4.98 Å². The second kappa shape index (κ2) is 9.14. The van der Waals surface area contributed by atoms with Crippen LogP contribution >= 0.6 is 0 Å². The number of benzene rings is 3. The van der Waals surface area contributed by atoms with Crippen LogP contribution < -0.4 is 4.90 Å². The summed E-state index contributed by atoms with van der Waals surface area (Å²) in [5, 5.41) is 0. The van der Waals surface area contributed by atoms with Crippen LogP contribution in [0.25, 0.3) is 11.0 Å². The first-order chi connectivity index (χ1) is 16.6. The Hall–Kier alpha value is -3.93. The summed E-state index contributed by atoms with van der Waals surface area (Å²) in [5.74, 6) is -1.22. The van der Waals surface area contributed by atoms with Gasteiger partial charge in [-0.05, 0) is 43.5 Å². The molecule has 4 aromatic rings. The summed E-state index contributed by atoms with van der Waals surface area (Å²) in [5.41, 5.74) is 4.74. The van der Waals surface area contributed by atoms with Crippen LogP contribution in [0.1, 0.15) is 29.7 Å². The fourth-order valence-corrected chi connectivity index (χ4v) is 4.80. The first-order valence-electron chi connectivity index (χ1n) is 11.6. The van der Waals surface area contributed by atoms with E-state index < -0.39 is 17.9 Å². The molecule has 1 aliphatic heterocycles. The minimum atomic E-state index is -0.998. The predicted octanol–water partition coefficient (Wildman–Crippen LogP) is 4.70. The average Bonchev–Trinajstić information content (AvgIpc) is 3.22. The van der Waals surface area contributed by atoms with Crippen molar-refractivity contribution in [1.29, 1.82) is 0 Å². The molecule has 2 heterocycles. The highest BCUT2D eigenvalue weighted by Gasteiger charge is 2.47. The monoisotopic (exact) mass is 453 g/mol. The van der Waals surface area contributed by atoms with Crippen molar-refractivity contribution in [2.45, 2.75) is 26.3 Å². The second-order valence-electron chi connectivity index (χ2n) is 8.58. The van der Waals surface area contributed by atoms with Gasteiger partial charge >= 0.3 is 5.97 Å². The normalized spacial score (nSPS) is 17.6. The molecule has 34 heavy (non-hydrogen) atoms. The molecule has 5 rings (SSSR count). The Morgan fingerprint density at radius 2 is 1.76 bits per heavy atom. The van der Waals surface area contributed by atoms with Gasteiger partial charge in [0.2, 0.25) is 11.9 Å². The largest absolute Gasteiger partial charge is 0.465 e. The summed E-state index contributed by atoms with van der Waals surface area (Å²) in [4.78, 5) is 33.7. The zero-order valence-corrected chi connectivity index (χ0v) is 19.3. The standard InChI is InChI=1S/C28H27N3O3/c1-3-34-27(33)24-25(21-13-9-10-19(2)18-21)31-23-15-8-7-14-22(23)29-28(31)30(26(24)32)17-16-20-11-5-4-6-12-20/h4-15,18,24-25H,3,16-17H2,1-2H3. The van der Waals surface area contributed by atoms with Crippen LogP contribution in [-0.4, -0.2) is 34.6 Å². The fourth-order valence-electron chi connectivity index (χ4n) is 4.80. The zero-order chi connectivity index (χ0) is 23.7. The average molecular weight is 454 g/mol. The molecule has 0 radical (unpaired) electrons. The van der Waals surface area contributed by atoms with E-state index in [1.165, 1.54) is 0 Å². The number of nitrogens with zero attached hydrogens (tertiary/aromatic N) is 3. The van der Waals surface area contributed by atoms with Crippen LogP contribution in [0, 0.1) is 12.8 Å². The zero-order valence-electron chi connectivity index (χ0n) is 19.3. The van der Waals surface area contributed by atoms with Gasteiger partial charge in [-0.3, -0.25) is 14.5 Å². The molecular weight excluding hydrogens is 426 g/mol. The number of carbonyl (C=O) groups excluding carboxylic acids is 2. The van der Waals surface area contributed by atoms with Gasteiger partial charge in [0.25, 0.3) is 0 Å². The van der Waals surface area contributed by atoms with Crippen LogP contribution in [0.15, 0.2) is 78.9 Å². The van der Waals surface area contributed by atoms with Crippen molar-refractivity contribution in [2.75, 3.05) is 18.1 Å². The number of hydrogen-bond acceptors (Lipinski definition) is 4. The molecule has 0 spiro atoms. The number of aromatic nitrogens is 2. The lowest BCUT2D eigenvalue weighted by atomic mass is 9.88. The van der Waals surface area contributed by atoms with Crippen LogP contribution in [-0.2, 0) is 20.7 Å². The van der Waals surface area contributed by atoms with E-state index >= 15 is 0 Å². The number of esters is 1. The topological polar surface area (TPSA) is 64.4 Å². The van der Waals surface area contributed by atoms with E-state index in [0.717, 1.165) is 27.7 Å². The molecule has 1 aliphatic rings. The number of ether oxygens (including phenoxy) is 1. The molecule has 2 atom stereocenters. The number of anilines is 1. The van der Waals surface area contributed by atoms with Gasteiger partial charge in [-0.2, -0.15) is 0 Å². The first-order valence-corrected chi connectivity index (χ1v) is 11.6. The van der Waals surface area contributed by atoms with Crippen molar-refractivity contribution in [1.82, 2.24) is 9.55 Å². The van der Waals surface area contributed by atoms with Gasteiger partial charge in [0.05, 0.1) is 23.7 Å². The van der Waals surface area contributed by atoms with Crippen molar-refractivity contribution < 1.29 is 14.3 Å². The number of hydrogen-bond donors (Lipinski definition) is 0. The Balaban J connectivity index is 1.69. The highest BCUT2D eigenvalue weighted by atomic mass is 16.5. The maximum atomic E-state index is 13.9. The third kappa shape index (κ3) is 3.85. The van der Waals surface area contributed by atoms with E-state index in [1.54, 1.807) is 11.8 Å². The summed E-state index contributed by atoms with van der Waals surface area (Å²) >= 11 is 0. The smallest absolute Gasteiger partial charge is 0.321 e. The molecule has 0 fully saturated rings. The van der Waals surface area contributed by atoms with Gasteiger partial charge in [-0.15, -0.1) is 0 Å². The molecule has 6 nitrogen and oxygen atoms in total. The minimum Gasteiger partial charge on any atom is -0.465 e. The summed E-state index contributed by atoms with van der Waals surface area (Å²) in [6, 6.07) is 25.2. The van der Waals surface area contributed by atoms with Crippen molar-refractivity contribution in [3.63, 3.8) is 0 Å². The molecular formula is C28H27N3O3. The highest BCUT2D eigenvalue weighted by Crippen LogP contribution is 2.41. The lowest BCUT2D eigenvalue weighted by Gasteiger charge is -2.38. The summed E-state index contributed by atoms with van der Waals surface area (Å²) in [6.45, 7) is 4.40. The molecule has 0 saturated heterocycles. The van der Waals surface area contributed by atoms with E-state index in [1.807, 2.05) is 90.4 Å². The number of para-hydroxylation sites is 2. The van der Waals surface area contributed by atoms with Crippen LogP contribution in [0.4, 0.5) is 5.95 Å². The van der Waals surface area contributed by atoms with Crippen molar-refractivity contribution in [3.8, 4) is 0 Å². The van der Waals surface area contributed by atoms with Gasteiger partial charge in [0.1, 0.15) is 0 Å². The Labute approximate surface area is 198 Å². The Morgan fingerprint density at radius 1 is 1.00 bits per heavy atom. The third-order valence-corrected chi connectivity index (χ3v) is 6.34.